The van der Waals surface area contributed by atoms with Gasteiger partial charge in [0, 0.05) is 17.9 Å². The normalized spacial score (nSPS) is 14.3. The minimum atomic E-state index is -4.72. The number of Topliss-reactive ketones (excluding diaryl/α,β-unsaturated/α-hetero) is 2. The highest BCUT2D eigenvalue weighted by Crippen LogP contribution is 2.41. The van der Waals surface area contributed by atoms with Gasteiger partial charge in [-0.15, -0.1) is 0 Å². The summed E-state index contributed by atoms with van der Waals surface area (Å²) >= 11 is 0. The molecule has 0 aliphatic carbocycles. The number of carbonyl (C=O) groups is 3. The van der Waals surface area contributed by atoms with Crippen molar-refractivity contribution in [2.24, 2.45) is 16.7 Å². The van der Waals surface area contributed by atoms with Crippen molar-refractivity contribution in [2.45, 2.75) is 104 Å². The van der Waals surface area contributed by atoms with Crippen molar-refractivity contribution in [2.75, 3.05) is 19.0 Å². The zero-order valence-electron chi connectivity index (χ0n) is 29.0. The molecule has 46 heavy (non-hydrogen) atoms. The average Bonchev–Trinajstić information content (AvgIpc) is 2.94. The monoisotopic (exact) mass is 661 g/mol. The van der Waals surface area contributed by atoms with Crippen LogP contribution in [0.2, 0.25) is 0 Å². The minimum Gasteiger partial charge on any atom is -0.497 e. The molecule has 2 aromatic carbocycles. The Labute approximate surface area is 274 Å². The first kappa shape index (κ1) is 39.1. The molecule has 0 fully saturated rings. The molecule has 0 saturated carbocycles. The molecule has 0 spiro atoms. The maximum absolute atomic E-state index is 14.2. The number of ether oxygens (including phenoxy) is 3. The fourth-order valence-corrected chi connectivity index (χ4v) is 5.18. The lowest BCUT2D eigenvalue weighted by molar-refractivity contribution is -0.170. The Kier molecular flexibility index (Phi) is 12.5. The summed E-state index contributed by atoms with van der Waals surface area (Å²) in [6, 6.07) is 13.1. The SMILES string of the molecule is COc1ccc(NC(=O)C(CCC(=O)C(C)(C)C)COC(C)(C)C(C)(C)C(=O)C(OC(C)(C)C)c2ccccc2)c(S(=O)(=O)O)c1. The number of benzene rings is 2. The van der Waals surface area contributed by atoms with E-state index in [2.05, 4.69) is 5.32 Å². The van der Waals surface area contributed by atoms with Crippen LogP contribution in [0.15, 0.2) is 53.4 Å². The number of rotatable bonds is 15. The number of amides is 1. The Morgan fingerprint density at radius 2 is 1.48 bits per heavy atom. The molecule has 2 rings (SSSR count). The van der Waals surface area contributed by atoms with Gasteiger partial charge in [0.1, 0.15) is 22.5 Å². The third-order valence-corrected chi connectivity index (χ3v) is 9.12. The van der Waals surface area contributed by atoms with Crippen molar-refractivity contribution < 1.29 is 41.6 Å². The third kappa shape index (κ3) is 10.4. The van der Waals surface area contributed by atoms with E-state index in [-0.39, 0.29) is 42.5 Å². The van der Waals surface area contributed by atoms with Crippen LogP contribution in [-0.4, -0.2) is 55.4 Å². The molecule has 256 valence electrons. The van der Waals surface area contributed by atoms with Crippen LogP contribution in [0.4, 0.5) is 5.69 Å². The van der Waals surface area contributed by atoms with Gasteiger partial charge >= 0.3 is 0 Å². The summed E-state index contributed by atoms with van der Waals surface area (Å²) in [7, 11) is -3.38. The van der Waals surface area contributed by atoms with Crippen LogP contribution in [-0.2, 0) is 34.0 Å². The summed E-state index contributed by atoms with van der Waals surface area (Å²) in [5, 5.41) is 2.58. The molecule has 0 bridgehead atoms. The van der Waals surface area contributed by atoms with Crippen LogP contribution < -0.4 is 10.1 Å². The molecule has 0 heterocycles. The second-order valence-corrected chi connectivity index (χ2v) is 16.0. The Morgan fingerprint density at radius 3 is 1.98 bits per heavy atom. The van der Waals surface area contributed by atoms with Gasteiger partial charge in [0.2, 0.25) is 5.91 Å². The fraction of sp³-hybridized carbons (Fsp3) is 0.571. The van der Waals surface area contributed by atoms with E-state index in [0.717, 1.165) is 6.07 Å². The molecule has 11 heteroatoms. The number of nitrogens with one attached hydrogen (secondary N) is 1. The van der Waals surface area contributed by atoms with Crippen LogP contribution in [0, 0.1) is 16.7 Å². The lowest BCUT2D eigenvalue weighted by Gasteiger charge is -2.43. The molecule has 1 amide bonds. The van der Waals surface area contributed by atoms with E-state index in [1.807, 2.05) is 51.1 Å². The highest BCUT2D eigenvalue weighted by Gasteiger charge is 2.48. The number of methoxy groups -OCH3 is 1. The fourth-order valence-electron chi connectivity index (χ4n) is 4.52. The molecule has 0 saturated heterocycles. The Balaban J connectivity index is 2.41. The van der Waals surface area contributed by atoms with E-state index in [4.69, 9.17) is 14.2 Å². The van der Waals surface area contributed by atoms with E-state index < -0.39 is 55.0 Å². The molecule has 0 aromatic heterocycles. The Morgan fingerprint density at radius 1 is 0.891 bits per heavy atom. The van der Waals surface area contributed by atoms with E-state index in [9.17, 15) is 27.4 Å². The van der Waals surface area contributed by atoms with Crippen LogP contribution in [0.5, 0.6) is 5.75 Å². The van der Waals surface area contributed by atoms with Gasteiger partial charge in [-0.05, 0) is 58.7 Å². The molecular weight excluding hydrogens is 610 g/mol. The van der Waals surface area contributed by atoms with Crippen molar-refractivity contribution in [3.8, 4) is 5.75 Å². The first-order valence-corrected chi connectivity index (χ1v) is 16.8. The molecular formula is C35H51NO9S. The lowest BCUT2D eigenvalue weighted by atomic mass is 9.71. The van der Waals surface area contributed by atoms with Gasteiger partial charge in [-0.2, -0.15) is 8.42 Å². The van der Waals surface area contributed by atoms with Crippen molar-refractivity contribution >= 4 is 33.3 Å². The summed E-state index contributed by atoms with van der Waals surface area (Å²) in [5.41, 5.74) is -2.94. The predicted molar refractivity (Wildman–Crippen MR) is 177 cm³/mol. The molecule has 10 nitrogen and oxygen atoms in total. The first-order chi connectivity index (χ1) is 20.9. The van der Waals surface area contributed by atoms with Gasteiger partial charge in [-0.3, -0.25) is 18.9 Å². The summed E-state index contributed by atoms with van der Waals surface area (Å²) in [5.74, 6) is -1.63. The number of anilines is 1. The van der Waals surface area contributed by atoms with Crippen LogP contribution in [0.25, 0.3) is 0 Å². The van der Waals surface area contributed by atoms with Gasteiger partial charge in [0.25, 0.3) is 10.1 Å². The lowest BCUT2D eigenvalue weighted by Crippen LogP contribution is -2.50. The maximum Gasteiger partial charge on any atom is 0.296 e. The van der Waals surface area contributed by atoms with Gasteiger partial charge < -0.3 is 19.5 Å². The van der Waals surface area contributed by atoms with Gasteiger partial charge in [0.15, 0.2) is 5.78 Å². The van der Waals surface area contributed by atoms with Crippen molar-refractivity contribution in [1.29, 1.82) is 0 Å². The zero-order chi connectivity index (χ0) is 35.3. The molecule has 2 N–H and O–H groups in total. The van der Waals surface area contributed by atoms with E-state index >= 15 is 0 Å². The minimum absolute atomic E-state index is 0.0619. The highest BCUT2D eigenvalue weighted by molar-refractivity contribution is 7.86. The summed E-state index contributed by atoms with van der Waals surface area (Å²) in [4.78, 5) is 40.1. The number of carbonyl (C=O) groups excluding carboxylic acids is 3. The summed E-state index contributed by atoms with van der Waals surface area (Å²) < 4.78 is 51.7. The number of hydrogen-bond acceptors (Lipinski definition) is 8. The Bertz CT molecular complexity index is 1480. The molecule has 2 unspecified atom stereocenters. The third-order valence-electron chi connectivity index (χ3n) is 8.23. The highest BCUT2D eigenvalue weighted by atomic mass is 32.2. The van der Waals surface area contributed by atoms with E-state index in [1.54, 1.807) is 48.5 Å². The van der Waals surface area contributed by atoms with Crippen molar-refractivity contribution in [3.63, 3.8) is 0 Å². The van der Waals surface area contributed by atoms with Crippen LogP contribution in [0.3, 0.4) is 0 Å². The van der Waals surface area contributed by atoms with Gasteiger partial charge in [0.05, 0.1) is 41.9 Å². The standard InChI is InChI=1S/C35H51NO9S/c1-32(2,3)28(37)20-17-24(31(39)36-26-19-18-25(43-11)21-27(26)46(40,41)42)22-44-35(9,10)34(7,8)30(38)29(45-33(4,5)6)23-15-13-12-14-16-23/h12-16,18-19,21,24,29H,17,20,22H2,1-11H3,(H,36,39)(H,40,41,42). The molecule has 0 aliphatic rings. The largest absolute Gasteiger partial charge is 0.497 e. The maximum atomic E-state index is 14.2. The first-order valence-electron chi connectivity index (χ1n) is 15.3. The quantitative estimate of drug-likeness (QED) is 0.196. The summed E-state index contributed by atoms with van der Waals surface area (Å²) in [6.07, 6.45) is -0.711. The van der Waals surface area contributed by atoms with E-state index in [1.165, 1.54) is 19.2 Å². The topological polar surface area (TPSA) is 145 Å². The predicted octanol–water partition coefficient (Wildman–Crippen LogP) is 6.84. The van der Waals surface area contributed by atoms with Gasteiger partial charge in [-0.1, -0.05) is 65.0 Å². The molecule has 0 radical (unpaired) electrons. The summed E-state index contributed by atoms with van der Waals surface area (Å²) in [6.45, 7) is 17.9. The van der Waals surface area contributed by atoms with E-state index in [0.29, 0.717) is 5.56 Å². The smallest absolute Gasteiger partial charge is 0.296 e. The molecule has 0 aliphatic heterocycles. The number of ketones is 2. The molecule has 2 atom stereocenters. The second-order valence-electron chi connectivity index (χ2n) is 14.6. The zero-order valence-corrected chi connectivity index (χ0v) is 29.8. The second kappa shape index (κ2) is 14.8. The van der Waals surface area contributed by atoms with Crippen molar-refractivity contribution in [1.82, 2.24) is 0 Å². The van der Waals surface area contributed by atoms with Gasteiger partial charge in [-0.25, -0.2) is 0 Å². The van der Waals surface area contributed by atoms with Crippen molar-refractivity contribution in [3.05, 3.63) is 54.1 Å². The average molecular weight is 662 g/mol. The Hall–Kier alpha value is -3.12. The number of hydrogen-bond donors (Lipinski definition) is 2. The molecule has 2 aromatic rings. The van der Waals surface area contributed by atoms with Crippen LogP contribution in [0.1, 0.15) is 93.7 Å². The van der Waals surface area contributed by atoms with Crippen LogP contribution >= 0.6 is 0 Å².